The zero-order valence-electron chi connectivity index (χ0n) is 22.7. The van der Waals surface area contributed by atoms with E-state index in [1.165, 1.54) is 6.92 Å². The molecule has 0 amide bonds. The van der Waals surface area contributed by atoms with Crippen LogP contribution >= 0.6 is 0 Å². The molecule has 218 valence electrons. The first-order chi connectivity index (χ1) is 19.6. The summed E-state index contributed by atoms with van der Waals surface area (Å²) in [6, 6.07) is 14.7. The normalized spacial score (nSPS) is 23.2. The van der Waals surface area contributed by atoms with Crippen molar-refractivity contribution in [2.45, 2.75) is 58.4 Å². The SMILES string of the molecule is CC(=O)OCC1O[C@H](Oc2ccc(-c3ccc(C4=NNNN4)cc3)cc2)C(OC(C)=O)C(OC(C)=O)[C@@H]1OC(C)=O. The van der Waals surface area contributed by atoms with Crippen LogP contribution in [-0.4, -0.2) is 67.0 Å². The number of esters is 4. The standard InChI is InChI=1S/C27H30N4O10/c1-14(32)36-13-22-23(37-15(2)33)24(38-16(3)34)25(39-17(4)35)27(41-22)40-21-11-9-19(10-12-21)18-5-7-20(8-6-18)26-28-30-31-29-26/h5-12,22-25,27,30-31H,13H2,1-4H3,(H,28,29)/t22?,23-,24?,25?,27+/m1/s1. The Morgan fingerprint density at radius 2 is 1.27 bits per heavy atom. The van der Waals surface area contributed by atoms with Crippen LogP contribution in [-0.2, 0) is 42.9 Å². The fourth-order valence-electron chi connectivity index (χ4n) is 4.30. The van der Waals surface area contributed by atoms with Gasteiger partial charge in [-0.1, -0.05) is 36.4 Å². The van der Waals surface area contributed by atoms with Gasteiger partial charge in [-0.3, -0.25) is 24.6 Å². The summed E-state index contributed by atoms with van der Waals surface area (Å²) in [6.07, 6.45) is -6.32. The lowest BCUT2D eigenvalue weighted by molar-refractivity contribution is -0.288. The Balaban J connectivity index is 1.57. The molecule has 3 N–H and O–H groups in total. The second-order valence-corrected chi connectivity index (χ2v) is 9.11. The van der Waals surface area contributed by atoms with Gasteiger partial charge in [0.1, 0.15) is 18.5 Å². The smallest absolute Gasteiger partial charge is 0.303 e. The number of hydrazone groups is 1. The van der Waals surface area contributed by atoms with E-state index in [4.69, 9.17) is 28.4 Å². The van der Waals surface area contributed by atoms with E-state index in [1.807, 2.05) is 36.4 Å². The molecule has 0 radical (unpaired) electrons. The molecule has 5 atom stereocenters. The first-order valence-electron chi connectivity index (χ1n) is 12.6. The van der Waals surface area contributed by atoms with Crippen molar-refractivity contribution in [1.29, 1.82) is 0 Å². The van der Waals surface area contributed by atoms with Crippen LogP contribution in [0.4, 0.5) is 0 Å². The van der Waals surface area contributed by atoms with Crippen LogP contribution in [0.5, 0.6) is 5.75 Å². The molecule has 4 rings (SSSR count). The fraction of sp³-hybridized carbons (Fsp3) is 0.370. The van der Waals surface area contributed by atoms with Crippen LogP contribution in [0.15, 0.2) is 53.6 Å². The highest BCUT2D eigenvalue weighted by Crippen LogP contribution is 2.32. The third-order valence-corrected chi connectivity index (χ3v) is 5.95. The summed E-state index contributed by atoms with van der Waals surface area (Å²) in [5.74, 6) is -1.77. The van der Waals surface area contributed by atoms with Gasteiger partial charge < -0.3 is 28.4 Å². The summed E-state index contributed by atoms with van der Waals surface area (Å²) in [6.45, 7) is 4.32. The van der Waals surface area contributed by atoms with E-state index in [1.54, 1.807) is 12.1 Å². The van der Waals surface area contributed by atoms with Crippen molar-refractivity contribution in [2.75, 3.05) is 6.61 Å². The predicted octanol–water partition coefficient (Wildman–Crippen LogP) is 1.09. The van der Waals surface area contributed by atoms with Crippen LogP contribution in [0.25, 0.3) is 11.1 Å². The minimum absolute atomic E-state index is 0.341. The highest BCUT2D eigenvalue weighted by atomic mass is 16.7. The van der Waals surface area contributed by atoms with E-state index in [2.05, 4.69) is 21.6 Å². The number of hydrogen-bond acceptors (Lipinski definition) is 14. The van der Waals surface area contributed by atoms with Crippen LogP contribution < -0.4 is 21.2 Å². The average Bonchev–Trinajstić information content (AvgIpc) is 3.46. The third kappa shape index (κ3) is 7.70. The van der Waals surface area contributed by atoms with Gasteiger partial charge in [-0.15, -0.1) is 10.6 Å². The highest BCUT2D eigenvalue weighted by Gasteiger charge is 2.53. The summed E-state index contributed by atoms with van der Waals surface area (Å²) in [4.78, 5) is 47.4. The lowest BCUT2D eigenvalue weighted by Gasteiger charge is -2.43. The Bertz CT molecular complexity index is 1300. The maximum absolute atomic E-state index is 12.0. The molecule has 2 aromatic carbocycles. The van der Waals surface area contributed by atoms with E-state index < -0.39 is 54.6 Å². The Hall–Kier alpha value is -4.69. The number of hydrogen-bond donors (Lipinski definition) is 3. The van der Waals surface area contributed by atoms with Crippen molar-refractivity contribution >= 4 is 29.7 Å². The summed E-state index contributed by atoms with van der Waals surface area (Å²) in [7, 11) is 0. The summed E-state index contributed by atoms with van der Waals surface area (Å²) < 4.78 is 33.3. The van der Waals surface area contributed by atoms with Gasteiger partial charge in [-0.05, 0) is 23.3 Å². The molecule has 0 saturated carbocycles. The zero-order valence-corrected chi connectivity index (χ0v) is 22.7. The molecule has 2 aliphatic rings. The first-order valence-corrected chi connectivity index (χ1v) is 12.6. The predicted molar refractivity (Wildman–Crippen MR) is 140 cm³/mol. The van der Waals surface area contributed by atoms with Gasteiger partial charge in [0.2, 0.25) is 12.4 Å². The van der Waals surface area contributed by atoms with Gasteiger partial charge in [0.25, 0.3) is 0 Å². The molecule has 41 heavy (non-hydrogen) atoms. The third-order valence-electron chi connectivity index (χ3n) is 5.95. The van der Waals surface area contributed by atoms with Gasteiger partial charge in [-0.25, -0.2) is 5.53 Å². The maximum atomic E-state index is 12.0. The summed E-state index contributed by atoms with van der Waals surface area (Å²) in [5.41, 5.74) is 10.9. The minimum Gasteiger partial charge on any atom is -0.463 e. The maximum Gasteiger partial charge on any atom is 0.303 e. The number of carbonyl (C=O) groups excluding carboxylic acids is 4. The van der Waals surface area contributed by atoms with Crippen molar-refractivity contribution < 1.29 is 47.6 Å². The molecule has 2 aromatic rings. The Morgan fingerprint density at radius 1 is 0.732 bits per heavy atom. The van der Waals surface area contributed by atoms with E-state index in [9.17, 15) is 19.2 Å². The minimum atomic E-state index is -1.32. The number of carbonyl (C=O) groups is 4. The second kappa shape index (κ2) is 13.1. The number of benzene rings is 2. The van der Waals surface area contributed by atoms with Gasteiger partial charge in [0.15, 0.2) is 18.0 Å². The van der Waals surface area contributed by atoms with Crippen molar-refractivity contribution in [3.63, 3.8) is 0 Å². The number of amidine groups is 1. The topological polar surface area (TPSA) is 172 Å². The molecule has 14 heteroatoms. The zero-order chi connectivity index (χ0) is 29.5. The van der Waals surface area contributed by atoms with Gasteiger partial charge in [-0.2, -0.15) is 0 Å². The molecular formula is C27H30N4O10. The molecule has 0 bridgehead atoms. The Morgan fingerprint density at radius 3 is 1.80 bits per heavy atom. The molecule has 1 saturated heterocycles. The van der Waals surface area contributed by atoms with Crippen molar-refractivity contribution in [2.24, 2.45) is 5.10 Å². The molecule has 2 heterocycles. The molecule has 0 aliphatic carbocycles. The monoisotopic (exact) mass is 570 g/mol. The van der Waals surface area contributed by atoms with Crippen molar-refractivity contribution in [3.8, 4) is 16.9 Å². The molecule has 0 spiro atoms. The number of nitrogens with zero attached hydrogens (tertiary/aromatic N) is 1. The van der Waals surface area contributed by atoms with Crippen LogP contribution in [0, 0.1) is 0 Å². The van der Waals surface area contributed by atoms with Crippen molar-refractivity contribution in [3.05, 3.63) is 54.1 Å². The Kier molecular flexibility index (Phi) is 9.37. The quantitative estimate of drug-likeness (QED) is 0.289. The summed E-state index contributed by atoms with van der Waals surface area (Å²) in [5, 5.41) is 4.07. The number of rotatable bonds is 9. The average molecular weight is 571 g/mol. The van der Waals surface area contributed by atoms with Crippen LogP contribution in [0.1, 0.15) is 33.3 Å². The van der Waals surface area contributed by atoms with Gasteiger partial charge in [0.05, 0.1) is 0 Å². The van der Waals surface area contributed by atoms with E-state index in [0.29, 0.717) is 11.6 Å². The van der Waals surface area contributed by atoms with Crippen LogP contribution in [0.2, 0.25) is 0 Å². The molecule has 2 aliphatic heterocycles. The molecular weight excluding hydrogens is 540 g/mol. The molecule has 14 nitrogen and oxygen atoms in total. The van der Waals surface area contributed by atoms with E-state index >= 15 is 0 Å². The fourth-order valence-corrected chi connectivity index (χ4v) is 4.30. The first kappa shape index (κ1) is 29.3. The molecule has 0 aromatic heterocycles. The second-order valence-electron chi connectivity index (χ2n) is 9.11. The largest absolute Gasteiger partial charge is 0.463 e. The number of hydrazine groups is 2. The van der Waals surface area contributed by atoms with E-state index in [-0.39, 0.29) is 6.61 Å². The lowest BCUT2D eigenvalue weighted by atomic mass is 9.98. The Labute approximate surface area is 235 Å². The van der Waals surface area contributed by atoms with E-state index in [0.717, 1.165) is 37.5 Å². The van der Waals surface area contributed by atoms with Crippen molar-refractivity contribution in [1.82, 2.24) is 16.5 Å². The number of nitrogens with one attached hydrogen (secondary N) is 3. The van der Waals surface area contributed by atoms with Gasteiger partial charge >= 0.3 is 23.9 Å². The number of ether oxygens (including phenoxy) is 6. The molecule has 1 fully saturated rings. The highest BCUT2D eigenvalue weighted by molar-refractivity contribution is 5.99. The molecule has 3 unspecified atom stereocenters. The summed E-state index contributed by atoms with van der Waals surface area (Å²) >= 11 is 0. The van der Waals surface area contributed by atoms with Gasteiger partial charge in [0, 0.05) is 33.3 Å². The van der Waals surface area contributed by atoms with Crippen LogP contribution in [0.3, 0.4) is 0 Å². The lowest BCUT2D eigenvalue weighted by Crippen LogP contribution is -2.63.